The van der Waals surface area contributed by atoms with Crippen LogP contribution in [0.15, 0.2) is 91.0 Å². The smallest absolute Gasteiger partial charge is 0.185 e. The summed E-state index contributed by atoms with van der Waals surface area (Å²) in [5.74, 6) is 0.0458. The minimum atomic E-state index is -0.120. The van der Waals surface area contributed by atoms with Crippen LogP contribution in [0.5, 0.6) is 5.75 Å². The number of aromatic hydroxyl groups is 1. The van der Waals surface area contributed by atoms with Gasteiger partial charge in [-0.05, 0) is 48.6 Å². The minimum absolute atomic E-state index is 0.120. The number of benzene rings is 3. The van der Waals surface area contributed by atoms with Crippen molar-refractivity contribution in [2.75, 3.05) is 0 Å². The molecule has 0 saturated heterocycles. The van der Waals surface area contributed by atoms with E-state index in [1.807, 2.05) is 48.5 Å². The van der Waals surface area contributed by atoms with Crippen LogP contribution in [0.2, 0.25) is 5.15 Å². The zero-order valence-corrected chi connectivity index (χ0v) is 16.1. The lowest BCUT2D eigenvalue weighted by Gasteiger charge is -2.01. The van der Waals surface area contributed by atoms with E-state index in [-0.39, 0.29) is 11.5 Å². The van der Waals surface area contributed by atoms with E-state index in [0.29, 0.717) is 22.0 Å². The van der Waals surface area contributed by atoms with Crippen LogP contribution in [-0.2, 0) is 0 Å². The van der Waals surface area contributed by atoms with Crippen LogP contribution < -0.4 is 0 Å². The van der Waals surface area contributed by atoms with E-state index < -0.39 is 0 Å². The second-order valence-electron chi connectivity index (χ2n) is 6.41. The van der Waals surface area contributed by atoms with Crippen molar-refractivity contribution in [1.82, 2.24) is 9.78 Å². The summed E-state index contributed by atoms with van der Waals surface area (Å²) in [5, 5.41) is 14.7. The standard InChI is InChI=1S/C24H17ClN2O2/c25-24-21(15-16-22(29)17-7-3-1-4-8-17)23(18-11-13-20(28)14-12-18)26-27(24)19-9-5-2-6-10-19/h1-16,28H/b16-15+. The van der Waals surface area contributed by atoms with Crippen molar-refractivity contribution in [2.45, 2.75) is 0 Å². The van der Waals surface area contributed by atoms with Gasteiger partial charge in [0.2, 0.25) is 0 Å². The van der Waals surface area contributed by atoms with Gasteiger partial charge < -0.3 is 5.11 Å². The number of carbonyl (C=O) groups is 1. The summed E-state index contributed by atoms with van der Waals surface area (Å²) in [6.45, 7) is 0. The van der Waals surface area contributed by atoms with Crippen LogP contribution in [0.3, 0.4) is 0 Å². The fourth-order valence-electron chi connectivity index (χ4n) is 2.99. The fraction of sp³-hybridized carbons (Fsp3) is 0. The normalized spacial score (nSPS) is 11.1. The Morgan fingerprint density at radius 3 is 2.17 bits per heavy atom. The van der Waals surface area contributed by atoms with Gasteiger partial charge in [0.15, 0.2) is 5.78 Å². The summed E-state index contributed by atoms with van der Waals surface area (Å²) in [6, 6.07) is 25.3. The van der Waals surface area contributed by atoms with E-state index in [1.165, 1.54) is 6.08 Å². The Kier molecular flexibility index (Phi) is 5.27. The van der Waals surface area contributed by atoms with Crippen LogP contribution in [-0.4, -0.2) is 20.7 Å². The fourth-order valence-corrected chi connectivity index (χ4v) is 3.28. The van der Waals surface area contributed by atoms with Gasteiger partial charge in [0, 0.05) is 16.7 Å². The predicted molar refractivity (Wildman–Crippen MR) is 115 cm³/mol. The van der Waals surface area contributed by atoms with E-state index in [0.717, 1.165) is 11.3 Å². The lowest BCUT2D eigenvalue weighted by atomic mass is 10.1. The van der Waals surface area contributed by atoms with Crippen molar-refractivity contribution in [3.8, 4) is 22.7 Å². The quantitative estimate of drug-likeness (QED) is 0.340. The number of ketones is 1. The third-order valence-electron chi connectivity index (χ3n) is 4.46. The molecule has 142 valence electrons. The topological polar surface area (TPSA) is 55.1 Å². The SMILES string of the molecule is O=C(/C=C/c1c(-c2ccc(O)cc2)nn(-c2ccccc2)c1Cl)c1ccccc1. The molecule has 0 aliphatic rings. The van der Waals surface area contributed by atoms with Crippen molar-refractivity contribution in [1.29, 1.82) is 0 Å². The first-order valence-electron chi connectivity index (χ1n) is 9.04. The first-order valence-corrected chi connectivity index (χ1v) is 9.42. The summed E-state index contributed by atoms with van der Waals surface area (Å²) in [4.78, 5) is 12.5. The molecule has 4 aromatic rings. The molecule has 0 amide bonds. The average molecular weight is 401 g/mol. The van der Waals surface area contributed by atoms with Crippen LogP contribution >= 0.6 is 11.6 Å². The zero-order valence-electron chi connectivity index (χ0n) is 15.4. The molecule has 1 heterocycles. The number of nitrogens with zero attached hydrogens (tertiary/aromatic N) is 2. The Balaban J connectivity index is 1.80. The molecule has 0 bridgehead atoms. The van der Waals surface area contributed by atoms with Gasteiger partial charge in [-0.1, -0.05) is 60.1 Å². The number of phenols is 1. The van der Waals surface area contributed by atoms with Crippen molar-refractivity contribution < 1.29 is 9.90 Å². The van der Waals surface area contributed by atoms with E-state index in [9.17, 15) is 9.90 Å². The van der Waals surface area contributed by atoms with Gasteiger partial charge in [-0.25, -0.2) is 4.68 Å². The van der Waals surface area contributed by atoms with Gasteiger partial charge in [-0.3, -0.25) is 4.79 Å². The lowest BCUT2D eigenvalue weighted by Crippen LogP contribution is -1.96. The monoisotopic (exact) mass is 400 g/mol. The average Bonchev–Trinajstić information content (AvgIpc) is 3.10. The Hall–Kier alpha value is -3.63. The summed E-state index contributed by atoms with van der Waals surface area (Å²) < 4.78 is 1.64. The molecule has 4 nitrogen and oxygen atoms in total. The molecule has 0 aliphatic carbocycles. The highest BCUT2D eigenvalue weighted by atomic mass is 35.5. The summed E-state index contributed by atoms with van der Waals surface area (Å²) in [6.07, 6.45) is 3.18. The molecule has 0 saturated carbocycles. The number of rotatable bonds is 5. The van der Waals surface area contributed by atoms with Crippen molar-refractivity contribution in [3.05, 3.63) is 107 Å². The molecule has 0 atom stereocenters. The maximum Gasteiger partial charge on any atom is 0.185 e. The molecule has 29 heavy (non-hydrogen) atoms. The molecule has 3 aromatic carbocycles. The molecule has 0 radical (unpaired) electrons. The minimum Gasteiger partial charge on any atom is -0.508 e. The van der Waals surface area contributed by atoms with Crippen LogP contribution in [0.4, 0.5) is 0 Å². The Bertz CT molecular complexity index is 1160. The molecular formula is C24H17ClN2O2. The second kappa shape index (κ2) is 8.17. The third kappa shape index (κ3) is 3.98. The van der Waals surface area contributed by atoms with E-state index >= 15 is 0 Å². The van der Waals surface area contributed by atoms with Gasteiger partial charge in [0.25, 0.3) is 0 Å². The number of aromatic nitrogens is 2. The Morgan fingerprint density at radius 2 is 1.52 bits per heavy atom. The first-order chi connectivity index (χ1) is 14.1. The van der Waals surface area contributed by atoms with Crippen LogP contribution in [0.1, 0.15) is 15.9 Å². The summed E-state index contributed by atoms with van der Waals surface area (Å²) in [7, 11) is 0. The van der Waals surface area contributed by atoms with Gasteiger partial charge >= 0.3 is 0 Å². The maximum absolute atomic E-state index is 12.5. The number of carbonyl (C=O) groups excluding carboxylic acids is 1. The Labute approximate surface area is 173 Å². The van der Waals surface area contributed by atoms with E-state index in [1.54, 1.807) is 47.2 Å². The molecule has 5 heteroatoms. The second-order valence-corrected chi connectivity index (χ2v) is 6.77. The zero-order chi connectivity index (χ0) is 20.2. The van der Waals surface area contributed by atoms with Gasteiger partial charge in [0.05, 0.1) is 5.69 Å². The molecule has 0 fully saturated rings. The number of halogens is 1. The molecule has 4 rings (SSSR count). The van der Waals surface area contributed by atoms with Crippen molar-refractivity contribution in [3.63, 3.8) is 0 Å². The van der Waals surface area contributed by atoms with Gasteiger partial charge in [0.1, 0.15) is 16.6 Å². The first kappa shape index (κ1) is 18.7. The lowest BCUT2D eigenvalue weighted by molar-refractivity contribution is 0.104. The largest absolute Gasteiger partial charge is 0.508 e. The molecule has 0 unspecified atom stereocenters. The van der Waals surface area contributed by atoms with Crippen molar-refractivity contribution in [2.24, 2.45) is 0 Å². The van der Waals surface area contributed by atoms with Crippen LogP contribution in [0, 0.1) is 0 Å². The molecule has 1 N–H and O–H groups in total. The number of phenolic OH excluding ortho intramolecular Hbond substituents is 1. The number of para-hydroxylation sites is 1. The van der Waals surface area contributed by atoms with E-state index in [2.05, 4.69) is 5.10 Å². The Morgan fingerprint density at radius 1 is 0.897 bits per heavy atom. The highest BCUT2D eigenvalue weighted by molar-refractivity contribution is 6.32. The number of allylic oxidation sites excluding steroid dienone is 1. The number of hydrogen-bond donors (Lipinski definition) is 1. The van der Waals surface area contributed by atoms with Crippen molar-refractivity contribution >= 4 is 23.5 Å². The maximum atomic E-state index is 12.5. The van der Waals surface area contributed by atoms with Crippen LogP contribution in [0.25, 0.3) is 23.0 Å². The number of hydrogen-bond acceptors (Lipinski definition) is 3. The molecule has 0 aliphatic heterocycles. The van der Waals surface area contributed by atoms with Gasteiger partial charge in [-0.15, -0.1) is 0 Å². The molecule has 1 aromatic heterocycles. The molecule has 0 spiro atoms. The van der Waals surface area contributed by atoms with E-state index in [4.69, 9.17) is 11.6 Å². The summed E-state index contributed by atoms with van der Waals surface area (Å²) >= 11 is 6.66. The highest BCUT2D eigenvalue weighted by Crippen LogP contribution is 2.32. The third-order valence-corrected chi connectivity index (χ3v) is 4.83. The summed E-state index contributed by atoms with van der Waals surface area (Å²) in [5.41, 5.74) is 3.45. The van der Waals surface area contributed by atoms with Gasteiger partial charge in [-0.2, -0.15) is 5.10 Å². The highest BCUT2D eigenvalue weighted by Gasteiger charge is 2.17. The predicted octanol–water partition coefficient (Wildman–Crippen LogP) is 5.79. The molecular weight excluding hydrogens is 384 g/mol.